The maximum Gasteiger partial charge on any atom is 0.285 e. The third-order valence-electron chi connectivity index (χ3n) is 3.93. The van der Waals surface area contributed by atoms with Gasteiger partial charge in [-0.05, 0) is 29.8 Å². The van der Waals surface area contributed by atoms with Gasteiger partial charge in [-0.3, -0.25) is 4.79 Å². The van der Waals surface area contributed by atoms with Gasteiger partial charge in [-0.1, -0.05) is 42.5 Å². The van der Waals surface area contributed by atoms with Gasteiger partial charge in [0.1, 0.15) is 5.76 Å². The van der Waals surface area contributed by atoms with Crippen LogP contribution >= 0.6 is 0 Å². The van der Waals surface area contributed by atoms with E-state index in [2.05, 4.69) is 10.5 Å². The lowest BCUT2D eigenvalue weighted by atomic mass is 10.0. The van der Waals surface area contributed by atoms with Crippen LogP contribution < -0.4 is 14.9 Å². The molecule has 3 aromatic rings. The van der Waals surface area contributed by atoms with Gasteiger partial charge in [-0.15, -0.1) is 0 Å². The molecule has 1 N–H and O–H groups in total. The van der Waals surface area contributed by atoms with Gasteiger partial charge in [0.25, 0.3) is 5.91 Å². The highest BCUT2D eigenvalue weighted by Crippen LogP contribution is 2.39. The van der Waals surface area contributed by atoms with Gasteiger partial charge in [0.15, 0.2) is 17.6 Å². The Hall–Kier alpha value is -3.54. The maximum atomic E-state index is 12.7. The Morgan fingerprint density at radius 2 is 1.65 bits per heavy atom. The zero-order chi connectivity index (χ0) is 17.8. The quantitative estimate of drug-likeness (QED) is 0.580. The zero-order valence-electron chi connectivity index (χ0n) is 13.7. The van der Waals surface area contributed by atoms with Crippen molar-refractivity contribution < 1.29 is 18.7 Å². The van der Waals surface area contributed by atoms with Gasteiger partial charge >= 0.3 is 0 Å². The molecule has 2 aromatic carbocycles. The van der Waals surface area contributed by atoms with Crippen LogP contribution in [-0.2, 0) is 4.79 Å². The van der Waals surface area contributed by atoms with Gasteiger partial charge in [-0.25, -0.2) is 5.43 Å². The Balaban J connectivity index is 1.57. The molecule has 130 valence electrons. The van der Waals surface area contributed by atoms with Crippen LogP contribution in [0.2, 0.25) is 0 Å². The fourth-order valence-electron chi connectivity index (χ4n) is 2.71. The number of carbonyl (C=O) groups is 1. The minimum Gasteiger partial charge on any atom is -0.477 e. The van der Waals surface area contributed by atoms with Crippen LogP contribution in [0.4, 0.5) is 0 Å². The smallest absolute Gasteiger partial charge is 0.285 e. The van der Waals surface area contributed by atoms with Crippen LogP contribution in [0, 0.1) is 0 Å². The minimum absolute atomic E-state index is 0.406. The van der Waals surface area contributed by atoms with Gasteiger partial charge in [0.2, 0.25) is 6.10 Å². The lowest BCUT2D eigenvalue weighted by Gasteiger charge is -2.32. The Morgan fingerprint density at radius 3 is 2.38 bits per heavy atom. The van der Waals surface area contributed by atoms with Crippen molar-refractivity contribution in [3.8, 4) is 11.5 Å². The number of hydrogen-bond acceptors (Lipinski definition) is 5. The van der Waals surface area contributed by atoms with Gasteiger partial charge in [0.05, 0.1) is 12.5 Å². The van der Waals surface area contributed by atoms with Crippen LogP contribution in [0.25, 0.3) is 0 Å². The molecule has 2 atom stereocenters. The molecule has 4 rings (SSSR count). The number of nitrogens with zero attached hydrogens (tertiary/aromatic N) is 1. The first-order valence-electron chi connectivity index (χ1n) is 8.15. The molecular weight excluding hydrogens is 332 g/mol. The molecule has 0 unspecified atom stereocenters. The fraction of sp³-hybridized carbons (Fsp3) is 0.100. The van der Waals surface area contributed by atoms with Crippen molar-refractivity contribution in [1.82, 2.24) is 5.43 Å². The van der Waals surface area contributed by atoms with Crippen molar-refractivity contribution in [3.05, 3.63) is 84.3 Å². The molecule has 0 aliphatic carbocycles. The summed E-state index contributed by atoms with van der Waals surface area (Å²) in [6.07, 6.45) is 1.50. The van der Waals surface area contributed by atoms with Crippen molar-refractivity contribution in [2.75, 3.05) is 0 Å². The number of fused-ring (bicyclic) bond motifs is 1. The predicted octanol–water partition coefficient (Wildman–Crippen LogP) is 3.31. The van der Waals surface area contributed by atoms with Crippen molar-refractivity contribution in [2.45, 2.75) is 12.2 Å². The summed E-state index contributed by atoms with van der Waals surface area (Å²) >= 11 is 0. The summed E-state index contributed by atoms with van der Waals surface area (Å²) in [5, 5.41) is 3.92. The molecule has 6 heteroatoms. The molecular formula is C20H16N2O4. The van der Waals surface area contributed by atoms with E-state index in [-0.39, 0.29) is 0 Å². The first kappa shape index (κ1) is 16.0. The molecule has 0 radical (unpaired) electrons. The van der Waals surface area contributed by atoms with Gasteiger partial charge in [0, 0.05) is 0 Å². The summed E-state index contributed by atoms with van der Waals surface area (Å²) in [4.78, 5) is 12.7. The highest BCUT2D eigenvalue weighted by molar-refractivity contribution is 5.84. The number of para-hydroxylation sites is 2. The lowest BCUT2D eigenvalue weighted by Crippen LogP contribution is -2.44. The molecule has 1 aliphatic heterocycles. The minimum atomic E-state index is -0.874. The summed E-state index contributed by atoms with van der Waals surface area (Å²) in [6.45, 7) is 0. The Kier molecular flexibility index (Phi) is 4.38. The lowest BCUT2D eigenvalue weighted by molar-refractivity contribution is -0.134. The number of furan rings is 1. The molecule has 2 heterocycles. The van der Waals surface area contributed by atoms with Crippen LogP contribution in [0.1, 0.15) is 17.4 Å². The van der Waals surface area contributed by atoms with Gasteiger partial charge in [-0.2, -0.15) is 5.10 Å². The number of ether oxygens (including phenoxy) is 2. The number of nitrogens with one attached hydrogen (secondary N) is 1. The molecule has 1 aliphatic rings. The molecule has 0 bridgehead atoms. The summed E-state index contributed by atoms with van der Waals surface area (Å²) in [7, 11) is 0. The van der Waals surface area contributed by atoms with Gasteiger partial charge < -0.3 is 13.9 Å². The number of hydrogen-bond donors (Lipinski definition) is 1. The second-order valence-corrected chi connectivity index (χ2v) is 5.68. The second-order valence-electron chi connectivity index (χ2n) is 5.68. The summed E-state index contributed by atoms with van der Waals surface area (Å²) in [5.41, 5.74) is 3.33. The summed E-state index contributed by atoms with van der Waals surface area (Å²) in [5.74, 6) is 1.26. The third-order valence-corrected chi connectivity index (χ3v) is 3.93. The number of hydrazone groups is 1. The van der Waals surface area contributed by atoms with E-state index in [0.717, 1.165) is 5.56 Å². The molecule has 0 fully saturated rings. The summed E-state index contributed by atoms with van der Waals surface area (Å²) < 4.78 is 17.1. The highest BCUT2D eigenvalue weighted by atomic mass is 16.6. The third kappa shape index (κ3) is 3.30. The SMILES string of the molecule is O=C(N/N=C\c1ccco1)[C@H]1Oc2ccccc2O[C@@H]1c1ccccc1. The molecule has 0 spiro atoms. The number of amides is 1. The highest BCUT2D eigenvalue weighted by Gasteiger charge is 2.38. The van der Waals surface area contributed by atoms with E-state index in [1.165, 1.54) is 12.5 Å². The van der Waals surface area contributed by atoms with E-state index >= 15 is 0 Å². The van der Waals surface area contributed by atoms with Crippen molar-refractivity contribution in [2.24, 2.45) is 5.10 Å². The molecule has 0 saturated carbocycles. The molecule has 26 heavy (non-hydrogen) atoms. The topological polar surface area (TPSA) is 73.1 Å². The zero-order valence-corrected chi connectivity index (χ0v) is 13.7. The average Bonchev–Trinajstić information content (AvgIpc) is 3.21. The van der Waals surface area contributed by atoms with Crippen LogP contribution in [0.5, 0.6) is 11.5 Å². The largest absolute Gasteiger partial charge is 0.477 e. The number of benzene rings is 2. The van der Waals surface area contributed by atoms with E-state index in [9.17, 15) is 4.79 Å². The second kappa shape index (κ2) is 7.14. The average molecular weight is 348 g/mol. The van der Waals surface area contributed by atoms with E-state index in [0.29, 0.717) is 17.3 Å². The fourth-order valence-corrected chi connectivity index (χ4v) is 2.71. The van der Waals surface area contributed by atoms with Crippen LogP contribution in [0.15, 0.2) is 82.5 Å². The monoisotopic (exact) mass is 348 g/mol. The van der Waals surface area contributed by atoms with E-state index in [4.69, 9.17) is 13.9 Å². The number of carbonyl (C=O) groups excluding carboxylic acids is 1. The molecule has 6 nitrogen and oxygen atoms in total. The normalized spacial score (nSPS) is 18.6. The van der Waals surface area contributed by atoms with Crippen molar-refractivity contribution in [3.63, 3.8) is 0 Å². The van der Waals surface area contributed by atoms with E-state index in [1.807, 2.05) is 48.5 Å². The Bertz CT molecular complexity index is 907. The maximum absolute atomic E-state index is 12.7. The standard InChI is InChI=1S/C20H16N2O4/c23-20(22-21-13-15-9-6-12-24-15)19-18(14-7-2-1-3-8-14)25-16-10-4-5-11-17(16)26-19/h1-13,18-19H,(H,22,23)/b21-13-/t18-,19+/m1/s1. The van der Waals surface area contributed by atoms with E-state index in [1.54, 1.807) is 18.2 Å². The first-order valence-corrected chi connectivity index (χ1v) is 8.15. The van der Waals surface area contributed by atoms with Crippen molar-refractivity contribution >= 4 is 12.1 Å². The Morgan fingerprint density at radius 1 is 0.923 bits per heavy atom. The summed E-state index contributed by atoms with van der Waals surface area (Å²) in [6, 6.07) is 20.2. The van der Waals surface area contributed by atoms with E-state index < -0.39 is 18.1 Å². The molecule has 1 aromatic heterocycles. The first-order chi connectivity index (χ1) is 12.8. The van der Waals surface area contributed by atoms with Crippen LogP contribution in [-0.4, -0.2) is 18.2 Å². The molecule has 1 amide bonds. The predicted molar refractivity (Wildman–Crippen MR) is 95.1 cm³/mol. The van der Waals surface area contributed by atoms with Crippen LogP contribution in [0.3, 0.4) is 0 Å². The molecule has 0 saturated heterocycles. The number of rotatable bonds is 4. The Labute approximate surface area is 150 Å². The van der Waals surface area contributed by atoms with Crippen molar-refractivity contribution in [1.29, 1.82) is 0 Å².